The van der Waals surface area contributed by atoms with Gasteiger partial charge < -0.3 is 10.0 Å². The lowest BCUT2D eigenvalue weighted by atomic mass is 9.89. The summed E-state index contributed by atoms with van der Waals surface area (Å²) < 4.78 is 0. The second-order valence-electron chi connectivity index (χ2n) is 5.94. The molecule has 0 amide bonds. The Kier molecular flexibility index (Phi) is 4.95. The Morgan fingerprint density at radius 3 is 2.65 bits per heavy atom. The fraction of sp³-hybridized carbons (Fsp3) is 0.923. The zero-order chi connectivity index (χ0) is 13.1. The topological polar surface area (TPSA) is 43.8 Å². The van der Waals surface area contributed by atoms with Gasteiger partial charge in [0.2, 0.25) is 0 Å². The molecule has 0 radical (unpaired) electrons. The quantitative estimate of drug-likeness (QED) is 0.811. The molecule has 1 rings (SSSR count). The van der Waals surface area contributed by atoms with Crippen LogP contribution in [0.1, 0.15) is 33.6 Å². The minimum absolute atomic E-state index is 0.520. The monoisotopic (exact) mass is 242 g/mol. The first kappa shape index (κ1) is 14.5. The van der Waals surface area contributed by atoms with Crippen LogP contribution >= 0.6 is 0 Å². The van der Waals surface area contributed by atoms with E-state index in [0.717, 1.165) is 32.6 Å². The van der Waals surface area contributed by atoms with Crippen molar-refractivity contribution in [2.75, 3.05) is 33.2 Å². The van der Waals surface area contributed by atoms with Gasteiger partial charge in [0.1, 0.15) is 0 Å². The fourth-order valence-corrected chi connectivity index (χ4v) is 2.28. The largest absolute Gasteiger partial charge is 0.481 e. The van der Waals surface area contributed by atoms with Crippen molar-refractivity contribution < 1.29 is 9.90 Å². The maximum Gasteiger partial charge on any atom is 0.309 e. The van der Waals surface area contributed by atoms with Crippen LogP contribution in [0, 0.1) is 5.41 Å². The molecule has 0 bridgehead atoms. The van der Waals surface area contributed by atoms with E-state index >= 15 is 0 Å². The summed E-state index contributed by atoms with van der Waals surface area (Å²) in [6.07, 6.45) is 1.89. The molecule has 1 unspecified atom stereocenters. The van der Waals surface area contributed by atoms with Gasteiger partial charge in [0.05, 0.1) is 5.41 Å². The molecule has 0 aromatic carbocycles. The van der Waals surface area contributed by atoms with Crippen molar-refractivity contribution in [2.45, 2.75) is 39.7 Å². The first-order valence-corrected chi connectivity index (χ1v) is 6.49. The van der Waals surface area contributed by atoms with Crippen molar-refractivity contribution in [2.24, 2.45) is 5.41 Å². The molecule has 1 aliphatic heterocycles. The molecule has 4 heteroatoms. The Balaban J connectivity index is 2.48. The van der Waals surface area contributed by atoms with Crippen LogP contribution in [0.2, 0.25) is 0 Å². The van der Waals surface area contributed by atoms with E-state index in [1.807, 2.05) is 13.8 Å². The van der Waals surface area contributed by atoms with Crippen LogP contribution in [0.25, 0.3) is 0 Å². The normalized spacial score (nSPS) is 24.6. The van der Waals surface area contributed by atoms with Gasteiger partial charge in [-0.05, 0) is 60.3 Å². The number of carboxylic acids is 1. The number of rotatable bonds is 4. The first-order chi connectivity index (χ1) is 7.83. The van der Waals surface area contributed by atoms with Crippen LogP contribution < -0.4 is 0 Å². The standard InChI is InChI=1S/C13H26N2O2/c1-11-10-14(4)7-5-8-15(11)9-6-13(2,3)12(16)17/h11H,5-10H2,1-4H3,(H,16,17). The smallest absolute Gasteiger partial charge is 0.309 e. The summed E-state index contributed by atoms with van der Waals surface area (Å²) >= 11 is 0. The van der Waals surface area contributed by atoms with Crippen molar-refractivity contribution in [3.8, 4) is 0 Å². The maximum absolute atomic E-state index is 11.1. The molecule has 1 saturated heterocycles. The number of aliphatic carboxylic acids is 1. The van der Waals surface area contributed by atoms with Crippen LogP contribution in [0.4, 0.5) is 0 Å². The summed E-state index contributed by atoms with van der Waals surface area (Å²) in [6.45, 7) is 10.0. The second kappa shape index (κ2) is 5.83. The third-order valence-corrected chi connectivity index (χ3v) is 3.79. The van der Waals surface area contributed by atoms with Crippen LogP contribution in [0.5, 0.6) is 0 Å². The van der Waals surface area contributed by atoms with Gasteiger partial charge in [-0.3, -0.25) is 9.69 Å². The van der Waals surface area contributed by atoms with Crippen molar-refractivity contribution in [3.05, 3.63) is 0 Å². The van der Waals surface area contributed by atoms with E-state index in [0.29, 0.717) is 6.04 Å². The highest BCUT2D eigenvalue weighted by molar-refractivity contribution is 5.73. The predicted molar refractivity (Wildman–Crippen MR) is 69.2 cm³/mol. The van der Waals surface area contributed by atoms with E-state index in [4.69, 9.17) is 5.11 Å². The summed E-state index contributed by atoms with van der Waals surface area (Å²) in [5, 5.41) is 9.11. The number of carbonyl (C=O) groups is 1. The SMILES string of the molecule is CC1CN(C)CCCN1CCC(C)(C)C(=O)O. The average Bonchev–Trinajstić information content (AvgIpc) is 2.36. The van der Waals surface area contributed by atoms with Crippen LogP contribution in [-0.2, 0) is 4.79 Å². The van der Waals surface area contributed by atoms with Crippen molar-refractivity contribution in [1.82, 2.24) is 9.80 Å². The molecular weight excluding hydrogens is 216 g/mol. The van der Waals surface area contributed by atoms with E-state index in [1.54, 1.807) is 0 Å². The lowest BCUT2D eigenvalue weighted by molar-refractivity contribution is -0.147. The summed E-state index contributed by atoms with van der Waals surface area (Å²) in [4.78, 5) is 15.8. The molecule has 1 atom stereocenters. The highest BCUT2D eigenvalue weighted by Crippen LogP contribution is 2.22. The van der Waals surface area contributed by atoms with Crippen molar-refractivity contribution in [3.63, 3.8) is 0 Å². The molecule has 0 aromatic heterocycles. The molecule has 4 nitrogen and oxygen atoms in total. The van der Waals surface area contributed by atoms with Gasteiger partial charge in [0.15, 0.2) is 0 Å². The predicted octanol–water partition coefficient (Wildman–Crippen LogP) is 1.51. The van der Waals surface area contributed by atoms with Gasteiger partial charge >= 0.3 is 5.97 Å². The van der Waals surface area contributed by atoms with E-state index in [-0.39, 0.29) is 0 Å². The fourth-order valence-electron chi connectivity index (χ4n) is 2.28. The van der Waals surface area contributed by atoms with E-state index < -0.39 is 11.4 Å². The number of hydrogen-bond donors (Lipinski definition) is 1. The summed E-state index contributed by atoms with van der Waals surface area (Å²) in [7, 11) is 2.15. The highest BCUT2D eigenvalue weighted by Gasteiger charge is 2.29. The van der Waals surface area contributed by atoms with Crippen LogP contribution in [-0.4, -0.2) is 60.1 Å². The Bertz CT molecular complexity index is 266. The molecule has 100 valence electrons. The summed E-state index contributed by atoms with van der Waals surface area (Å²) in [5.74, 6) is -0.697. The van der Waals surface area contributed by atoms with Gasteiger partial charge in [-0.25, -0.2) is 0 Å². The van der Waals surface area contributed by atoms with Gasteiger partial charge in [-0.2, -0.15) is 0 Å². The molecule has 17 heavy (non-hydrogen) atoms. The molecule has 0 spiro atoms. The molecule has 1 fully saturated rings. The molecule has 0 aromatic rings. The van der Waals surface area contributed by atoms with Crippen LogP contribution in [0.3, 0.4) is 0 Å². The molecular formula is C13H26N2O2. The Morgan fingerprint density at radius 1 is 1.41 bits per heavy atom. The third kappa shape index (κ3) is 4.28. The lowest BCUT2D eigenvalue weighted by Crippen LogP contribution is -2.40. The van der Waals surface area contributed by atoms with E-state index in [1.165, 1.54) is 6.42 Å². The van der Waals surface area contributed by atoms with E-state index in [2.05, 4.69) is 23.8 Å². The summed E-state index contributed by atoms with van der Waals surface area (Å²) in [6, 6.07) is 0.520. The highest BCUT2D eigenvalue weighted by atomic mass is 16.4. The molecule has 0 saturated carbocycles. The Hall–Kier alpha value is -0.610. The van der Waals surface area contributed by atoms with Gasteiger partial charge in [-0.1, -0.05) is 0 Å². The number of nitrogens with zero attached hydrogens (tertiary/aromatic N) is 2. The first-order valence-electron chi connectivity index (χ1n) is 6.49. The third-order valence-electron chi connectivity index (χ3n) is 3.79. The Labute approximate surface area is 105 Å². The zero-order valence-corrected chi connectivity index (χ0v) is 11.6. The molecule has 1 heterocycles. The maximum atomic E-state index is 11.1. The minimum Gasteiger partial charge on any atom is -0.481 e. The van der Waals surface area contributed by atoms with Gasteiger partial charge in [0.25, 0.3) is 0 Å². The zero-order valence-electron chi connectivity index (χ0n) is 11.6. The average molecular weight is 242 g/mol. The van der Waals surface area contributed by atoms with Crippen molar-refractivity contribution >= 4 is 5.97 Å². The van der Waals surface area contributed by atoms with Crippen molar-refractivity contribution in [1.29, 1.82) is 0 Å². The second-order valence-corrected chi connectivity index (χ2v) is 5.94. The summed E-state index contributed by atoms with van der Waals surface area (Å²) in [5.41, 5.74) is -0.613. The molecule has 1 N–H and O–H groups in total. The number of likely N-dealkylation sites (N-methyl/N-ethyl adjacent to an activating group) is 1. The van der Waals surface area contributed by atoms with Gasteiger partial charge in [-0.15, -0.1) is 0 Å². The number of hydrogen-bond acceptors (Lipinski definition) is 3. The van der Waals surface area contributed by atoms with Crippen LogP contribution in [0.15, 0.2) is 0 Å². The number of carboxylic acid groups (broad SMARTS) is 1. The lowest BCUT2D eigenvalue weighted by Gasteiger charge is -2.30. The Morgan fingerprint density at radius 2 is 2.06 bits per heavy atom. The van der Waals surface area contributed by atoms with Gasteiger partial charge in [0, 0.05) is 12.6 Å². The van der Waals surface area contributed by atoms with E-state index in [9.17, 15) is 4.79 Å². The minimum atomic E-state index is -0.697. The molecule has 0 aliphatic carbocycles. The molecule has 1 aliphatic rings.